The van der Waals surface area contributed by atoms with Crippen LogP contribution in [0.1, 0.15) is 54.7 Å². The number of aromatic nitrogens is 3. The first-order valence-electron chi connectivity index (χ1n) is 8.33. The fourth-order valence-electron chi connectivity index (χ4n) is 2.02. The van der Waals surface area contributed by atoms with Crippen LogP contribution in [0.5, 0.6) is 0 Å². The summed E-state index contributed by atoms with van der Waals surface area (Å²) >= 11 is 1.73. The van der Waals surface area contributed by atoms with E-state index in [9.17, 15) is 0 Å². The molecule has 0 aliphatic carbocycles. The molecule has 2 rings (SSSR count). The van der Waals surface area contributed by atoms with Gasteiger partial charge in [-0.1, -0.05) is 25.9 Å². The molecule has 7 nitrogen and oxygen atoms in total. The van der Waals surface area contributed by atoms with Gasteiger partial charge in [0, 0.05) is 37.0 Å². The van der Waals surface area contributed by atoms with Crippen molar-refractivity contribution in [2.45, 2.75) is 52.5 Å². The molecule has 8 heteroatoms. The van der Waals surface area contributed by atoms with Gasteiger partial charge in [-0.25, -0.2) is 4.98 Å². The number of rotatable bonds is 8. The van der Waals surface area contributed by atoms with E-state index in [0.717, 1.165) is 42.6 Å². The number of thiazole rings is 1. The van der Waals surface area contributed by atoms with Gasteiger partial charge in [0.25, 0.3) is 0 Å². The molecule has 0 saturated carbocycles. The van der Waals surface area contributed by atoms with Crippen molar-refractivity contribution in [2.75, 3.05) is 13.6 Å². The second-order valence-electron chi connectivity index (χ2n) is 5.73. The second kappa shape index (κ2) is 9.36. The Labute approximate surface area is 147 Å². The number of hydrogen-bond donors (Lipinski definition) is 2. The molecule has 0 spiro atoms. The van der Waals surface area contributed by atoms with Gasteiger partial charge in [0.1, 0.15) is 5.01 Å². The molecule has 0 fully saturated rings. The van der Waals surface area contributed by atoms with Crippen LogP contribution in [-0.2, 0) is 19.4 Å². The highest BCUT2D eigenvalue weighted by Crippen LogP contribution is 2.13. The van der Waals surface area contributed by atoms with Crippen LogP contribution in [0.15, 0.2) is 15.7 Å². The Balaban J connectivity index is 1.67. The first-order chi connectivity index (χ1) is 11.6. The first-order valence-corrected chi connectivity index (χ1v) is 9.14. The van der Waals surface area contributed by atoms with Gasteiger partial charge >= 0.3 is 0 Å². The van der Waals surface area contributed by atoms with Crippen molar-refractivity contribution in [3.8, 4) is 0 Å². The number of nitrogens with zero attached hydrogens (tertiary/aromatic N) is 4. The molecule has 2 aromatic heterocycles. The molecule has 2 N–H and O–H groups in total. The van der Waals surface area contributed by atoms with Crippen LogP contribution < -0.4 is 10.6 Å². The average molecular weight is 350 g/mol. The van der Waals surface area contributed by atoms with Gasteiger partial charge < -0.3 is 15.2 Å². The Morgan fingerprint density at radius 2 is 2.21 bits per heavy atom. The summed E-state index contributed by atoms with van der Waals surface area (Å²) in [7, 11) is 1.77. The summed E-state index contributed by atoms with van der Waals surface area (Å²) in [5.74, 6) is 2.53. The first kappa shape index (κ1) is 18.4. The topological polar surface area (TPSA) is 88.2 Å². The second-order valence-corrected chi connectivity index (χ2v) is 6.93. The van der Waals surface area contributed by atoms with Crippen molar-refractivity contribution in [3.63, 3.8) is 0 Å². The maximum atomic E-state index is 5.24. The van der Waals surface area contributed by atoms with Gasteiger partial charge in [0.15, 0.2) is 11.8 Å². The molecule has 2 aromatic rings. The molecule has 0 aliphatic rings. The van der Waals surface area contributed by atoms with Gasteiger partial charge in [-0.15, -0.1) is 11.3 Å². The van der Waals surface area contributed by atoms with Crippen molar-refractivity contribution in [1.82, 2.24) is 25.8 Å². The highest BCUT2D eigenvalue weighted by Gasteiger charge is 2.09. The number of aryl methyl sites for hydroxylation is 2. The van der Waals surface area contributed by atoms with Crippen molar-refractivity contribution in [2.24, 2.45) is 4.99 Å². The Kier molecular flexibility index (Phi) is 7.17. The van der Waals surface area contributed by atoms with Crippen LogP contribution in [0.3, 0.4) is 0 Å². The van der Waals surface area contributed by atoms with Crippen molar-refractivity contribution in [3.05, 3.63) is 27.8 Å². The maximum Gasteiger partial charge on any atom is 0.226 e. The normalized spacial score (nSPS) is 12.0. The molecule has 0 saturated heterocycles. The lowest BCUT2D eigenvalue weighted by molar-refractivity contribution is 0.368. The third-order valence-corrected chi connectivity index (χ3v) is 4.58. The maximum absolute atomic E-state index is 5.24. The minimum absolute atomic E-state index is 0.294. The number of hydrogen-bond acceptors (Lipinski definition) is 6. The molecule has 0 atom stereocenters. The zero-order chi connectivity index (χ0) is 17.4. The summed E-state index contributed by atoms with van der Waals surface area (Å²) in [4.78, 5) is 14.3. The number of aliphatic imine (C=N–C) groups is 1. The summed E-state index contributed by atoms with van der Waals surface area (Å²) in [6, 6.07) is 0. The van der Waals surface area contributed by atoms with Gasteiger partial charge in [0.05, 0.1) is 6.54 Å². The van der Waals surface area contributed by atoms with Crippen molar-refractivity contribution in [1.29, 1.82) is 0 Å². The monoisotopic (exact) mass is 350 g/mol. The van der Waals surface area contributed by atoms with E-state index >= 15 is 0 Å². The van der Waals surface area contributed by atoms with Crippen LogP contribution in [-0.4, -0.2) is 34.7 Å². The number of nitrogens with one attached hydrogen (secondary N) is 2. The molecule has 132 valence electrons. The molecule has 2 heterocycles. The molecule has 0 unspecified atom stereocenters. The third-order valence-electron chi connectivity index (χ3n) is 3.44. The summed E-state index contributed by atoms with van der Waals surface area (Å²) < 4.78 is 5.24. The SMILES string of the molecule is CCc1cnc(CNC(=NC)NCCCc2nc(C(C)C)no2)s1. The van der Waals surface area contributed by atoms with E-state index in [1.807, 2.05) is 6.20 Å². The molecular formula is C16H26N6OS. The van der Waals surface area contributed by atoms with E-state index in [1.54, 1.807) is 18.4 Å². The molecule has 24 heavy (non-hydrogen) atoms. The predicted molar refractivity (Wildman–Crippen MR) is 96.4 cm³/mol. The Bertz CT molecular complexity index is 649. The summed E-state index contributed by atoms with van der Waals surface area (Å²) in [6.07, 6.45) is 4.63. The predicted octanol–water partition coefficient (Wildman–Crippen LogP) is 2.51. The largest absolute Gasteiger partial charge is 0.356 e. The lowest BCUT2D eigenvalue weighted by Gasteiger charge is -2.10. The highest BCUT2D eigenvalue weighted by atomic mass is 32.1. The van der Waals surface area contributed by atoms with Crippen LogP contribution in [0.25, 0.3) is 0 Å². The van der Waals surface area contributed by atoms with Crippen LogP contribution in [0, 0.1) is 0 Å². The molecule has 0 aromatic carbocycles. The van der Waals surface area contributed by atoms with E-state index in [0.29, 0.717) is 18.4 Å². The number of guanidine groups is 1. The summed E-state index contributed by atoms with van der Waals surface area (Å²) in [6.45, 7) is 7.72. The van der Waals surface area contributed by atoms with E-state index in [1.165, 1.54) is 4.88 Å². The summed E-state index contributed by atoms with van der Waals surface area (Å²) in [5, 5.41) is 11.6. The molecule has 0 radical (unpaired) electrons. The molecule has 0 aliphatic heterocycles. The Hall–Kier alpha value is -1.96. The average Bonchev–Trinajstić information content (AvgIpc) is 3.23. The summed E-state index contributed by atoms with van der Waals surface area (Å²) in [5.41, 5.74) is 0. The van der Waals surface area contributed by atoms with E-state index < -0.39 is 0 Å². The van der Waals surface area contributed by atoms with Gasteiger partial charge in [-0.2, -0.15) is 4.98 Å². The van der Waals surface area contributed by atoms with Crippen LogP contribution >= 0.6 is 11.3 Å². The van der Waals surface area contributed by atoms with Crippen LogP contribution in [0.2, 0.25) is 0 Å². The van der Waals surface area contributed by atoms with Gasteiger partial charge in [-0.3, -0.25) is 4.99 Å². The highest BCUT2D eigenvalue weighted by molar-refractivity contribution is 7.11. The fraction of sp³-hybridized carbons (Fsp3) is 0.625. The zero-order valence-electron chi connectivity index (χ0n) is 14.8. The Morgan fingerprint density at radius 1 is 1.38 bits per heavy atom. The minimum atomic E-state index is 0.294. The smallest absolute Gasteiger partial charge is 0.226 e. The molecule has 0 bridgehead atoms. The molecule has 0 amide bonds. The van der Waals surface area contributed by atoms with Gasteiger partial charge in [0.2, 0.25) is 5.89 Å². The lowest BCUT2D eigenvalue weighted by atomic mass is 10.2. The standard InChI is InChI=1S/C16H26N6OS/c1-5-12-9-19-14(24-12)10-20-16(17-4)18-8-6-7-13-21-15(11(2)3)22-23-13/h9,11H,5-8,10H2,1-4H3,(H2,17,18,20). The van der Waals surface area contributed by atoms with Crippen LogP contribution in [0.4, 0.5) is 0 Å². The quantitative estimate of drug-likeness (QED) is 0.432. The lowest BCUT2D eigenvalue weighted by Crippen LogP contribution is -2.37. The van der Waals surface area contributed by atoms with Crippen molar-refractivity contribution >= 4 is 17.3 Å². The van der Waals surface area contributed by atoms with E-state index in [-0.39, 0.29) is 0 Å². The fourth-order valence-corrected chi connectivity index (χ4v) is 2.83. The van der Waals surface area contributed by atoms with Gasteiger partial charge in [-0.05, 0) is 12.8 Å². The zero-order valence-corrected chi connectivity index (χ0v) is 15.6. The van der Waals surface area contributed by atoms with Crippen molar-refractivity contribution < 1.29 is 4.52 Å². The Morgan fingerprint density at radius 3 is 2.83 bits per heavy atom. The minimum Gasteiger partial charge on any atom is -0.356 e. The van der Waals surface area contributed by atoms with E-state index in [2.05, 4.69) is 51.5 Å². The third kappa shape index (κ3) is 5.59. The van der Waals surface area contributed by atoms with E-state index in [4.69, 9.17) is 4.52 Å². The molecular weight excluding hydrogens is 324 g/mol.